The molecule has 0 heterocycles. The molecule has 1 atom stereocenters. The number of carbonyl (C=O) groups excluding carboxylic acids is 2. The Labute approximate surface area is 230 Å². The molecular weight excluding hydrogens is 517 g/mol. The van der Waals surface area contributed by atoms with E-state index in [1.54, 1.807) is 49.4 Å². The van der Waals surface area contributed by atoms with E-state index in [4.69, 9.17) is 0 Å². The number of sulfonamides is 1. The molecule has 0 aliphatic carbocycles. The summed E-state index contributed by atoms with van der Waals surface area (Å²) in [4.78, 5) is 28.2. The van der Waals surface area contributed by atoms with E-state index in [-0.39, 0.29) is 17.3 Å². The summed E-state index contributed by atoms with van der Waals surface area (Å²) in [6, 6.07) is 18.0. The summed E-state index contributed by atoms with van der Waals surface area (Å²) in [6.45, 7) is 7.28. The van der Waals surface area contributed by atoms with E-state index in [0.29, 0.717) is 17.8 Å². The number of benzene rings is 3. The van der Waals surface area contributed by atoms with Crippen molar-refractivity contribution in [3.63, 3.8) is 0 Å². The third-order valence-electron chi connectivity index (χ3n) is 6.37. The summed E-state index contributed by atoms with van der Waals surface area (Å²) in [7, 11) is -4.12. The van der Waals surface area contributed by atoms with Crippen LogP contribution in [0.4, 0.5) is 10.1 Å². The number of hydrogen-bond donors (Lipinski definition) is 1. The summed E-state index contributed by atoms with van der Waals surface area (Å²) < 4.78 is 42.3. The maximum atomic E-state index is 13.9. The van der Waals surface area contributed by atoms with Crippen LogP contribution >= 0.6 is 0 Å². The zero-order chi connectivity index (χ0) is 28.6. The van der Waals surface area contributed by atoms with Crippen molar-refractivity contribution in [1.29, 1.82) is 0 Å². The fourth-order valence-corrected chi connectivity index (χ4v) is 5.67. The molecule has 0 spiro atoms. The summed E-state index contributed by atoms with van der Waals surface area (Å²) in [6.07, 6.45) is 1.69. The first kappa shape index (κ1) is 29.8. The molecule has 3 aromatic rings. The van der Waals surface area contributed by atoms with E-state index >= 15 is 0 Å². The number of carbonyl (C=O) groups is 2. The molecule has 3 rings (SSSR count). The molecule has 3 aromatic carbocycles. The number of nitrogens with one attached hydrogen (secondary N) is 1. The molecule has 0 aliphatic rings. The highest BCUT2D eigenvalue weighted by Crippen LogP contribution is 2.26. The molecule has 0 fully saturated rings. The van der Waals surface area contributed by atoms with Crippen molar-refractivity contribution < 1.29 is 22.4 Å². The zero-order valence-corrected chi connectivity index (χ0v) is 23.7. The molecule has 208 valence electrons. The Bertz CT molecular complexity index is 1360. The molecule has 0 bridgehead atoms. The van der Waals surface area contributed by atoms with Gasteiger partial charge in [0.1, 0.15) is 18.4 Å². The number of aryl methyl sites for hydroxylation is 2. The van der Waals surface area contributed by atoms with Crippen LogP contribution < -0.4 is 9.62 Å². The van der Waals surface area contributed by atoms with Gasteiger partial charge in [-0.2, -0.15) is 0 Å². The maximum absolute atomic E-state index is 13.9. The van der Waals surface area contributed by atoms with Gasteiger partial charge in [0, 0.05) is 13.1 Å². The van der Waals surface area contributed by atoms with Crippen molar-refractivity contribution in [3.05, 3.63) is 95.3 Å². The number of rotatable bonds is 12. The third kappa shape index (κ3) is 7.89. The quantitative estimate of drug-likeness (QED) is 0.321. The summed E-state index contributed by atoms with van der Waals surface area (Å²) in [5.74, 6) is -1.32. The van der Waals surface area contributed by atoms with Gasteiger partial charge >= 0.3 is 0 Å². The highest BCUT2D eigenvalue weighted by Gasteiger charge is 2.32. The van der Waals surface area contributed by atoms with Crippen LogP contribution in [0.5, 0.6) is 0 Å². The first-order valence-corrected chi connectivity index (χ1v) is 14.4. The molecular formula is C30H36FN3O4S. The number of hydrogen-bond acceptors (Lipinski definition) is 4. The van der Waals surface area contributed by atoms with Gasteiger partial charge in [-0.25, -0.2) is 12.8 Å². The lowest BCUT2D eigenvalue weighted by molar-refractivity contribution is -0.139. The van der Waals surface area contributed by atoms with Crippen LogP contribution in [-0.4, -0.2) is 44.3 Å². The predicted octanol–water partition coefficient (Wildman–Crippen LogP) is 4.97. The van der Waals surface area contributed by atoms with E-state index in [2.05, 4.69) is 5.32 Å². The van der Waals surface area contributed by atoms with Gasteiger partial charge in [-0.1, -0.05) is 49.7 Å². The van der Waals surface area contributed by atoms with E-state index in [1.807, 2.05) is 26.8 Å². The molecule has 7 nitrogen and oxygen atoms in total. The second-order valence-electron chi connectivity index (χ2n) is 9.64. The van der Waals surface area contributed by atoms with Crippen LogP contribution in [0.25, 0.3) is 0 Å². The minimum absolute atomic E-state index is 0.00749. The zero-order valence-electron chi connectivity index (χ0n) is 22.9. The smallest absolute Gasteiger partial charge is 0.264 e. The first-order valence-electron chi connectivity index (χ1n) is 13.0. The number of nitrogens with zero attached hydrogens (tertiary/aromatic N) is 2. The fourth-order valence-electron chi connectivity index (χ4n) is 4.25. The highest BCUT2D eigenvalue weighted by molar-refractivity contribution is 7.92. The third-order valence-corrected chi connectivity index (χ3v) is 8.16. The van der Waals surface area contributed by atoms with Crippen molar-refractivity contribution in [2.75, 3.05) is 17.4 Å². The van der Waals surface area contributed by atoms with Gasteiger partial charge in [0.25, 0.3) is 10.0 Å². The van der Waals surface area contributed by atoms with E-state index in [0.717, 1.165) is 28.3 Å². The molecule has 0 aliphatic heterocycles. The Kier molecular flexibility index (Phi) is 10.2. The molecule has 0 saturated heterocycles. The van der Waals surface area contributed by atoms with Gasteiger partial charge in [0.2, 0.25) is 11.8 Å². The summed E-state index contributed by atoms with van der Waals surface area (Å²) >= 11 is 0. The first-order chi connectivity index (χ1) is 18.5. The van der Waals surface area contributed by atoms with Gasteiger partial charge < -0.3 is 10.2 Å². The average molecular weight is 554 g/mol. The van der Waals surface area contributed by atoms with Crippen molar-refractivity contribution in [1.82, 2.24) is 10.2 Å². The van der Waals surface area contributed by atoms with Crippen LogP contribution in [-0.2, 0) is 26.2 Å². The molecule has 1 N–H and O–H groups in total. The number of anilines is 1. The summed E-state index contributed by atoms with van der Waals surface area (Å²) in [5, 5.41) is 2.84. The highest BCUT2D eigenvalue weighted by atomic mass is 32.2. The minimum atomic E-state index is -4.12. The lowest BCUT2D eigenvalue weighted by Crippen LogP contribution is -2.51. The van der Waals surface area contributed by atoms with Gasteiger partial charge in [0.15, 0.2) is 0 Å². The topological polar surface area (TPSA) is 86.8 Å². The molecule has 9 heteroatoms. The van der Waals surface area contributed by atoms with Crippen LogP contribution in [0.15, 0.2) is 77.7 Å². The Morgan fingerprint density at radius 3 is 2.15 bits per heavy atom. The summed E-state index contributed by atoms with van der Waals surface area (Å²) in [5.41, 5.74) is 2.66. The maximum Gasteiger partial charge on any atom is 0.264 e. The lowest BCUT2D eigenvalue weighted by atomic mass is 10.1. The molecule has 0 radical (unpaired) electrons. The number of unbranched alkanes of at least 4 members (excludes halogenated alkanes) is 1. The van der Waals surface area contributed by atoms with E-state index in [9.17, 15) is 22.4 Å². The molecule has 0 saturated carbocycles. The SMILES string of the molecule is CCCCNC(=O)[C@@H](C)N(Cc1ccc(F)cc1)C(=O)CN(c1cc(C)cc(C)c1)S(=O)(=O)c1ccccc1. The number of amides is 2. The van der Waals surface area contributed by atoms with E-state index in [1.165, 1.54) is 29.2 Å². The van der Waals surface area contributed by atoms with Gasteiger partial charge in [0.05, 0.1) is 10.6 Å². The Morgan fingerprint density at radius 1 is 0.949 bits per heavy atom. The monoisotopic (exact) mass is 553 g/mol. The standard InChI is InChI=1S/C30H36FN3O4S/c1-5-6-16-32-30(36)24(4)33(20-25-12-14-26(31)15-13-25)29(35)21-34(27-18-22(2)17-23(3)19-27)39(37,38)28-10-8-7-9-11-28/h7-15,17-19,24H,5-6,16,20-21H2,1-4H3,(H,32,36)/t24-/m1/s1. The van der Waals surface area contributed by atoms with Crippen LogP contribution in [0.3, 0.4) is 0 Å². The van der Waals surface area contributed by atoms with Crippen molar-refractivity contribution >= 4 is 27.5 Å². The van der Waals surface area contributed by atoms with Gasteiger partial charge in [-0.15, -0.1) is 0 Å². The average Bonchev–Trinajstić information content (AvgIpc) is 2.90. The molecule has 39 heavy (non-hydrogen) atoms. The van der Waals surface area contributed by atoms with Gasteiger partial charge in [-0.05, 0) is 80.3 Å². The molecule has 2 amide bonds. The Hall–Kier alpha value is -3.72. The van der Waals surface area contributed by atoms with Crippen molar-refractivity contribution in [2.45, 2.75) is 58.0 Å². The molecule has 0 aromatic heterocycles. The van der Waals surface area contributed by atoms with Crippen LogP contribution in [0, 0.1) is 19.7 Å². The van der Waals surface area contributed by atoms with Crippen molar-refractivity contribution in [3.8, 4) is 0 Å². The van der Waals surface area contributed by atoms with E-state index < -0.39 is 34.3 Å². The van der Waals surface area contributed by atoms with Crippen molar-refractivity contribution in [2.24, 2.45) is 0 Å². The largest absolute Gasteiger partial charge is 0.354 e. The Morgan fingerprint density at radius 2 is 1.56 bits per heavy atom. The second-order valence-corrected chi connectivity index (χ2v) is 11.5. The molecule has 0 unspecified atom stereocenters. The minimum Gasteiger partial charge on any atom is -0.354 e. The Balaban J connectivity index is 2.01. The normalized spacial score (nSPS) is 12.0. The van der Waals surface area contributed by atoms with Crippen LogP contribution in [0.2, 0.25) is 0 Å². The fraction of sp³-hybridized carbons (Fsp3) is 0.333. The second kappa shape index (κ2) is 13.4. The van der Waals surface area contributed by atoms with Gasteiger partial charge in [-0.3, -0.25) is 13.9 Å². The van der Waals surface area contributed by atoms with Crippen LogP contribution in [0.1, 0.15) is 43.4 Å². The number of halogens is 1. The lowest BCUT2D eigenvalue weighted by Gasteiger charge is -2.32. The predicted molar refractivity (Wildman–Crippen MR) is 151 cm³/mol.